The number of H-pyrrole nitrogens is 1. The molecular formula is C34H43ClFN7OS2. The molecule has 0 aliphatic carbocycles. The van der Waals surface area contributed by atoms with Gasteiger partial charge in [0.25, 0.3) is 0 Å². The third-order valence-electron chi connectivity index (χ3n) is 8.71. The lowest BCUT2D eigenvalue weighted by Crippen LogP contribution is -2.43. The van der Waals surface area contributed by atoms with Crippen LogP contribution >= 0.6 is 35.1 Å². The van der Waals surface area contributed by atoms with Crippen LogP contribution in [-0.2, 0) is 6.42 Å². The molecule has 0 unspecified atom stereocenters. The van der Waals surface area contributed by atoms with Crippen molar-refractivity contribution in [1.82, 2.24) is 19.4 Å². The van der Waals surface area contributed by atoms with Crippen molar-refractivity contribution in [3.63, 3.8) is 0 Å². The van der Waals surface area contributed by atoms with Crippen LogP contribution < -0.4 is 17.2 Å². The molecular weight excluding hydrogens is 641 g/mol. The summed E-state index contributed by atoms with van der Waals surface area (Å²) in [5, 5.41) is 8.49. The molecule has 0 radical (unpaired) electrons. The molecule has 0 saturated carbocycles. The Morgan fingerprint density at radius 1 is 1.22 bits per heavy atom. The maximum atomic E-state index is 15.2. The molecule has 1 fully saturated rings. The number of nitrogens with two attached hydrogens (primary N) is 2. The topological polar surface area (TPSA) is 130 Å². The number of amidine groups is 1. The predicted octanol–water partition coefficient (Wildman–Crippen LogP) is 7.12. The van der Waals surface area contributed by atoms with Crippen LogP contribution in [0.5, 0.6) is 0 Å². The highest BCUT2D eigenvalue weighted by Crippen LogP contribution is 2.37. The molecule has 1 aliphatic rings. The zero-order valence-electron chi connectivity index (χ0n) is 26.4. The smallest absolute Gasteiger partial charge is 0.354 e. The summed E-state index contributed by atoms with van der Waals surface area (Å²) in [6.07, 6.45) is 10.8. The Morgan fingerprint density at radius 2 is 2.00 bits per heavy atom. The number of aromatic amines is 1. The molecule has 0 bridgehead atoms. The molecule has 5 rings (SSSR count). The summed E-state index contributed by atoms with van der Waals surface area (Å²) in [6, 6.07) is 14.3. The van der Waals surface area contributed by atoms with E-state index < -0.39 is 11.5 Å². The van der Waals surface area contributed by atoms with Crippen molar-refractivity contribution in [3.8, 4) is 16.9 Å². The Hall–Kier alpha value is -2.83. The zero-order chi connectivity index (χ0) is 32.8. The highest BCUT2D eigenvalue weighted by Gasteiger charge is 2.31. The summed E-state index contributed by atoms with van der Waals surface area (Å²) >= 11 is 9.55. The van der Waals surface area contributed by atoms with E-state index in [1.165, 1.54) is 21.9 Å². The number of nitrogens with one attached hydrogen (secondary N) is 2. The molecule has 3 heterocycles. The Labute approximate surface area is 283 Å². The number of fused-ring (bicyclic) bond motifs is 1. The van der Waals surface area contributed by atoms with Crippen LogP contribution in [0.4, 0.5) is 4.39 Å². The van der Waals surface area contributed by atoms with Gasteiger partial charge in [-0.25, -0.2) is 9.18 Å². The molecule has 6 N–H and O–H groups in total. The van der Waals surface area contributed by atoms with Crippen molar-refractivity contribution in [2.24, 2.45) is 11.5 Å². The van der Waals surface area contributed by atoms with E-state index in [-0.39, 0.29) is 16.2 Å². The number of nitrogens with zero attached hydrogens (tertiary/aromatic N) is 3. The van der Waals surface area contributed by atoms with Crippen molar-refractivity contribution < 1.29 is 4.39 Å². The van der Waals surface area contributed by atoms with Crippen LogP contribution in [0.1, 0.15) is 62.6 Å². The normalized spacial score (nSPS) is 17.8. The van der Waals surface area contributed by atoms with Crippen LogP contribution in [0.15, 0.2) is 53.5 Å². The third-order valence-corrected chi connectivity index (χ3v) is 10.3. The minimum absolute atomic E-state index is 0.0610. The Kier molecular flexibility index (Phi) is 11.9. The SMILES string of the molecule is CSCCN1[C@H](CCSC(=N)N)CCC[C@H]1c1ccc(-n2cc3cc(-c4cc(CCC[C@H](C)N)cc(Cl)c4F)[nH]c3nc2=O)cc1. The first-order valence-electron chi connectivity index (χ1n) is 15.8. The van der Waals surface area contributed by atoms with Gasteiger partial charge in [0.05, 0.1) is 16.4 Å². The molecule has 8 nitrogen and oxygen atoms in total. The van der Waals surface area contributed by atoms with Crippen LogP contribution in [-0.4, -0.2) is 61.0 Å². The standard InChI is InChI=1S/C34H43ClFN7OS2/c1-21(37)5-3-6-22-17-27(31(36)28(35)18-22)29-19-24-20-43(34(44)41-32(24)40-29)26-11-9-23(10-12-26)30-8-4-7-25(13-15-46-33(38)39)42(30)14-16-45-2/h9-12,17-21,25,30H,3-8,13-16,37H2,1-2H3,(H3,38,39)(H,40,41,44)/t21-,25-,30-/m0/s1. The van der Waals surface area contributed by atoms with Gasteiger partial charge in [-0.1, -0.05) is 35.5 Å². The second-order valence-electron chi connectivity index (χ2n) is 12.1. The molecule has 4 aromatic rings. The number of thioether (sulfide) groups is 2. The van der Waals surface area contributed by atoms with Gasteiger partial charge in [0.15, 0.2) is 11.0 Å². The Bertz CT molecular complexity index is 1710. The van der Waals surface area contributed by atoms with Gasteiger partial charge in [-0.05, 0) is 99.6 Å². The molecule has 0 spiro atoms. The number of rotatable bonds is 13. The van der Waals surface area contributed by atoms with Crippen molar-refractivity contribution >= 4 is 51.3 Å². The van der Waals surface area contributed by atoms with E-state index in [2.05, 4.69) is 33.3 Å². The number of aromatic nitrogens is 3. The van der Waals surface area contributed by atoms with E-state index in [1.54, 1.807) is 18.3 Å². The molecule has 0 amide bonds. The number of halogens is 2. The highest BCUT2D eigenvalue weighted by molar-refractivity contribution is 8.13. The molecule has 46 heavy (non-hydrogen) atoms. The van der Waals surface area contributed by atoms with E-state index in [4.69, 9.17) is 28.5 Å². The molecule has 3 atom stereocenters. The molecule has 2 aromatic carbocycles. The fourth-order valence-electron chi connectivity index (χ4n) is 6.44. The van der Waals surface area contributed by atoms with Crippen LogP contribution in [0.2, 0.25) is 5.02 Å². The minimum Gasteiger partial charge on any atom is -0.379 e. The third kappa shape index (κ3) is 8.36. The number of aryl methyl sites for hydroxylation is 1. The van der Waals surface area contributed by atoms with E-state index in [1.807, 2.05) is 36.9 Å². The maximum Gasteiger partial charge on any atom is 0.354 e. The van der Waals surface area contributed by atoms with Crippen LogP contribution in [0, 0.1) is 11.2 Å². The average molecular weight is 684 g/mol. The van der Waals surface area contributed by atoms with Crippen molar-refractivity contribution in [3.05, 3.63) is 81.1 Å². The lowest BCUT2D eigenvalue weighted by molar-refractivity contribution is 0.0882. The summed E-state index contributed by atoms with van der Waals surface area (Å²) in [7, 11) is 0. The van der Waals surface area contributed by atoms with Crippen LogP contribution in [0.25, 0.3) is 28.0 Å². The van der Waals surface area contributed by atoms with Gasteiger partial charge in [-0.15, -0.1) is 0 Å². The molecule has 12 heteroatoms. The summed E-state index contributed by atoms with van der Waals surface area (Å²) in [4.78, 5) is 23.2. The highest BCUT2D eigenvalue weighted by atomic mass is 35.5. The largest absolute Gasteiger partial charge is 0.379 e. The van der Waals surface area contributed by atoms with Crippen molar-refractivity contribution in [2.45, 2.75) is 70.0 Å². The molecule has 1 aliphatic heterocycles. The first-order valence-corrected chi connectivity index (χ1v) is 18.6. The number of hydrogen-bond donors (Lipinski definition) is 4. The van der Waals surface area contributed by atoms with Gasteiger partial charge in [-0.3, -0.25) is 14.9 Å². The zero-order valence-corrected chi connectivity index (χ0v) is 28.8. The fourth-order valence-corrected chi connectivity index (χ4v) is 7.68. The number of likely N-dealkylation sites (tertiary alicyclic amines) is 1. The summed E-state index contributed by atoms with van der Waals surface area (Å²) < 4.78 is 16.7. The van der Waals surface area contributed by atoms with Gasteiger partial charge in [0.1, 0.15) is 5.65 Å². The predicted molar refractivity (Wildman–Crippen MR) is 193 cm³/mol. The van der Waals surface area contributed by atoms with Gasteiger partial charge in [0, 0.05) is 53.3 Å². The van der Waals surface area contributed by atoms with E-state index in [0.717, 1.165) is 74.2 Å². The first kappa shape index (κ1) is 34.5. The quantitative estimate of drug-likeness (QED) is 0.0872. The lowest BCUT2D eigenvalue weighted by Gasteiger charge is -2.42. The minimum atomic E-state index is -0.510. The van der Waals surface area contributed by atoms with Gasteiger partial charge in [0.2, 0.25) is 0 Å². The second-order valence-corrected chi connectivity index (χ2v) is 14.6. The summed E-state index contributed by atoms with van der Waals surface area (Å²) in [5.74, 6) is 1.39. The Balaban J connectivity index is 1.38. The van der Waals surface area contributed by atoms with Crippen molar-refractivity contribution in [1.29, 1.82) is 5.41 Å². The van der Waals surface area contributed by atoms with Crippen molar-refractivity contribution in [2.75, 3.05) is 24.3 Å². The number of hydrogen-bond acceptors (Lipinski definition) is 7. The number of benzene rings is 2. The Morgan fingerprint density at radius 3 is 2.72 bits per heavy atom. The fraction of sp³-hybridized carbons (Fsp3) is 0.441. The van der Waals surface area contributed by atoms with E-state index >= 15 is 4.39 Å². The lowest BCUT2D eigenvalue weighted by atomic mass is 9.89. The van der Waals surface area contributed by atoms with E-state index in [0.29, 0.717) is 34.4 Å². The monoisotopic (exact) mass is 683 g/mol. The van der Waals surface area contributed by atoms with E-state index in [9.17, 15) is 4.79 Å². The number of piperidine rings is 1. The maximum absolute atomic E-state index is 15.2. The molecule has 1 saturated heterocycles. The van der Waals surface area contributed by atoms with Gasteiger partial charge < -0.3 is 16.5 Å². The summed E-state index contributed by atoms with van der Waals surface area (Å²) in [6.45, 7) is 2.97. The molecule has 246 valence electrons. The molecule has 2 aromatic heterocycles. The van der Waals surface area contributed by atoms with Crippen LogP contribution in [0.3, 0.4) is 0 Å². The van der Waals surface area contributed by atoms with Gasteiger partial charge in [-0.2, -0.15) is 16.7 Å². The average Bonchev–Trinajstić information content (AvgIpc) is 3.43. The van der Waals surface area contributed by atoms with Gasteiger partial charge >= 0.3 is 5.69 Å². The first-order chi connectivity index (χ1) is 22.1. The second kappa shape index (κ2) is 15.8. The summed E-state index contributed by atoms with van der Waals surface area (Å²) in [5.41, 5.74) is 15.2.